The van der Waals surface area contributed by atoms with Crippen molar-refractivity contribution in [3.05, 3.63) is 66.0 Å². The van der Waals surface area contributed by atoms with Crippen molar-refractivity contribution in [3.8, 4) is 0 Å². The van der Waals surface area contributed by atoms with Crippen molar-refractivity contribution in [2.75, 3.05) is 25.5 Å². The van der Waals surface area contributed by atoms with Crippen LogP contribution in [0, 0.1) is 12.8 Å². The predicted molar refractivity (Wildman–Crippen MR) is 116 cm³/mol. The molecule has 3 rings (SSSR count). The summed E-state index contributed by atoms with van der Waals surface area (Å²) in [5.74, 6) is 1.59. The van der Waals surface area contributed by atoms with Crippen LogP contribution in [0.4, 0.5) is 5.82 Å². The molecule has 1 aliphatic carbocycles. The Labute approximate surface area is 168 Å². The van der Waals surface area contributed by atoms with E-state index in [-0.39, 0.29) is 0 Å². The van der Waals surface area contributed by atoms with Crippen LogP contribution in [0.1, 0.15) is 44.0 Å². The van der Waals surface area contributed by atoms with Crippen molar-refractivity contribution < 1.29 is 0 Å². The van der Waals surface area contributed by atoms with Gasteiger partial charge in [0, 0.05) is 44.4 Å². The fraction of sp³-hybridized carbons (Fsp3) is 0.435. The summed E-state index contributed by atoms with van der Waals surface area (Å²) in [4.78, 5) is 16.0. The highest BCUT2D eigenvalue weighted by molar-refractivity contribution is 5.73. The van der Waals surface area contributed by atoms with Gasteiger partial charge in [-0.2, -0.15) is 0 Å². The van der Waals surface area contributed by atoms with Gasteiger partial charge in [0.2, 0.25) is 0 Å². The maximum atomic E-state index is 4.82. The Morgan fingerprint density at radius 3 is 2.82 bits per heavy atom. The van der Waals surface area contributed by atoms with Crippen molar-refractivity contribution in [2.45, 2.75) is 39.5 Å². The van der Waals surface area contributed by atoms with Gasteiger partial charge in [0.25, 0.3) is 0 Å². The van der Waals surface area contributed by atoms with Crippen molar-refractivity contribution in [1.29, 1.82) is 0 Å². The van der Waals surface area contributed by atoms with Crippen molar-refractivity contribution in [2.24, 2.45) is 5.92 Å². The first-order valence-electron chi connectivity index (χ1n) is 10.2. The van der Waals surface area contributed by atoms with Crippen molar-refractivity contribution in [1.82, 2.24) is 19.9 Å². The van der Waals surface area contributed by atoms with Crippen LogP contribution in [0.25, 0.3) is 5.57 Å². The molecule has 1 aromatic heterocycles. The summed E-state index contributed by atoms with van der Waals surface area (Å²) in [6.45, 7) is 6.60. The Hall–Kier alpha value is -2.69. The summed E-state index contributed by atoms with van der Waals surface area (Å²) in [7, 11) is 1.87. The average molecular weight is 378 g/mol. The molecule has 1 fully saturated rings. The number of aromatic nitrogens is 3. The van der Waals surface area contributed by atoms with Crippen LogP contribution < -0.4 is 5.32 Å². The molecule has 1 atom stereocenters. The number of hydrogen-bond acceptors (Lipinski definition) is 5. The third-order valence-electron chi connectivity index (χ3n) is 5.33. The van der Waals surface area contributed by atoms with Gasteiger partial charge in [-0.25, -0.2) is 4.98 Å². The molecular formula is C23H31N5. The number of likely N-dealkylation sites (tertiary alicyclic amines) is 1. The number of nitrogens with one attached hydrogen (secondary N) is 1. The predicted octanol–water partition coefficient (Wildman–Crippen LogP) is 4.70. The summed E-state index contributed by atoms with van der Waals surface area (Å²) in [6.07, 6.45) is 18.9. The first-order chi connectivity index (χ1) is 13.7. The zero-order valence-corrected chi connectivity index (χ0v) is 17.2. The quantitative estimate of drug-likeness (QED) is 0.828. The number of nitrogens with zero attached hydrogens (tertiary/aromatic N) is 4. The smallest absolute Gasteiger partial charge is 0.147 e. The Morgan fingerprint density at radius 1 is 1.07 bits per heavy atom. The second kappa shape index (κ2) is 10.0. The first-order valence-corrected chi connectivity index (χ1v) is 10.2. The number of allylic oxidation sites excluding steroid dienone is 5. The van der Waals surface area contributed by atoms with Crippen LogP contribution in [-0.2, 0) is 0 Å². The Kier molecular flexibility index (Phi) is 7.18. The topological polar surface area (TPSA) is 53.9 Å². The van der Waals surface area contributed by atoms with E-state index in [1.807, 2.05) is 20.0 Å². The molecule has 28 heavy (non-hydrogen) atoms. The molecule has 5 nitrogen and oxygen atoms in total. The summed E-state index contributed by atoms with van der Waals surface area (Å²) in [6, 6.07) is 1.95. The van der Waals surface area contributed by atoms with Crippen LogP contribution in [0.2, 0.25) is 0 Å². The lowest BCUT2D eigenvalue weighted by molar-refractivity contribution is 0.362. The molecule has 0 aromatic carbocycles. The molecule has 1 saturated heterocycles. The molecule has 1 aromatic rings. The normalized spacial score (nSPS) is 19.7. The lowest BCUT2D eigenvalue weighted by atomic mass is 10.0. The van der Waals surface area contributed by atoms with E-state index >= 15 is 0 Å². The number of hydrogen-bond donors (Lipinski definition) is 1. The van der Waals surface area contributed by atoms with Crippen molar-refractivity contribution >= 4 is 11.4 Å². The van der Waals surface area contributed by atoms with Gasteiger partial charge in [-0.3, -0.25) is 9.97 Å². The second-order valence-corrected chi connectivity index (χ2v) is 7.45. The highest BCUT2D eigenvalue weighted by atomic mass is 15.1. The van der Waals surface area contributed by atoms with E-state index in [0.717, 1.165) is 48.2 Å². The molecule has 148 valence electrons. The van der Waals surface area contributed by atoms with E-state index < -0.39 is 0 Å². The highest BCUT2D eigenvalue weighted by Gasteiger charge is 2.15. The molecule has 1 N–H and O–H groups in total. The van der Waals surface area contributed by atoms with E-state index in [0.29, 0.717) is 0 Å². The highest BCUT2D eigenvalue weighted by Crippen LogP contribution is 2.24. The summed E-state index contributed by atoms with van der Waals surface area (Å²) in [5.41, 5.74) is 4.14. The molecule has 2 heterocycles. The minimum absolute atomic E-state index is 0.763. The SMILES string of the molecule is CNc1nc(C2=CCC=C(N3CCCC(C)CC3)C=C2)ccnccnc1C. The molecule has 0 saturated carbocycles. The standard InChI is InChI=1S/C23H31N5/c1-18-6-5-16-28(17-12-18)21-8-4-7-20(9-10-21)22-11-13-25-14-15-26-19(2)23(24-3)27-22/h7-11,13-15,18H,4-6,12,16-17H2,1-3H3,(H,24,27). The van der Waals surface area contributed by atoms with Gasteiger partial charge in [-0.15, -0.1) is 0 Å². The molecule has 1 aliphatic heterocycles. The van der Waals surface area contributed by atoms with Crippen molar-refractivity contribution in [3.63, 3.8) is 0 Å². The fourth-order valence-corrected chi connectivity index (χ4v) is 3.61. The Balaban J connectivity index is 1.88. The third-order valence-corrected chi connectivity index (χ3v) is 5.33. The number of rotatable bonds is 3. The maximum Gasteiger partial charge on any atom is 0.147 e. The molecule has 0 bridgehead atoms. The molecular weight excluding hydrogens is 346 g/mol. The van der Waals surface area contributed by atoms with Crippen LogP contribution in [-0.4, -0.2) is 40.0 Å². The van der Waals surface area contributed by atoms with Gasteiger partial charge in [0.1, 0.15) is 5.82 Å². The molecule has 0 amide bonds. The molecule has 2 aliphatic rings. The first kappa shape index (κ1) is 20.1. The van der Waals surface area contributed by atoms with Gasteiger partial charge in [-0.1, -0.05) is 25.2 Å². The summed E-state index contributed by atoms with van der Waals surface area (Å²) in [5, 5.41) is 3.15. The van der Waals surface area contributed by atoms with Crippen LogP contribution in [0.5, 0.6) is 0 Å². The summed E-state index contributed by atoms with van der Waals surface area (Å²) < 4.78 is 0. The molecule has 0 radical (unpaired) electrons. The van der Waals surface area contributed by atoms with Gasteiger partial charge in [-0.05, 0) is 56.2 Å². The zero-order chi connectivity index (χ0) is 19.8. The Bertz CT molecular complexity index is 823. The summed E-state index contributed by atoms with van der Waals surface area (Å²) >= 11 is 0. The number of aryl methyl sites for hydroxylation is 1. The van der Waals surface area contributed by atoms with Crippen LogP contribution >= 0.6 is 0 Å². The number of anilines is 1. The Morgan fingerprint density at radius 2 is 1.96 bits per heavy atom. The minimum atomic E-state index is 0.763. The molecule has 1 unspecified atom stereocenters. The van der Waals surface area contributed by atoms with Gasteiger partial charge in [0.15, 0.2) is 0 Å². The molecule has 0 spiro atoms. The lowest BCUT2D eigenvalue weighted by Gasteiger charge is -2.23. The lowest BCUT2D eigenvalue weighted by Crippen LogP contribution is -2.23. The van der Waals surface area contributed by atoms with Gasteiger partial charge in [0.05, 0.1) is 11.4 Å². The van der Waals surface area contributed by atoms with Crippen LogP contribution in [0.15, 0.2) is 54.7 Å². The third kappa shape index (κ3) is 5.41. The van der Waals surface area contributed by atoms with Gasteiger partial charge >= 0.3 is 0 Å². The minimum Gasteiger partial charge on any atom is -0.372 e. The van der Waals surface area contributed by atoms with E-state index in [1.165, 1.54) is 25.0 Å². The maximum absolute atomic E-state index is 4.82. The second-order valence-electron chi connectivity index (χ2n) is 7.45. The van der Waals surface area contributed by atoms with Crippen LogP contribution in [0.3, 0.4) is 0 Å². The monoisotopic (exact) mass is 377 g/mol. The van der Waals surface area contributed by atoms with E-state index in [1.54, 1.807) is 18.6 Å². The average Bonchev–Trinajstić information content (AvgIpc) is 3.07. The van der Waals surface area contributed by atoms with E-state index in [9.17, 15) is 0 Å². The van der Waals surface area contributed by atoms with E-state index in [2.05, 4.69) is 51.4 Å². The zero-order valence-electron chi connectivity index (χ0n) is 17.2. The largest absolute Gasteiger partial charge is 0.372 e. The molecule has 5 heteroatoms. The van der Waals surface area contributed by atoms with Gasteiger partial charge < -0.3 is 10.2 Å². The fourth-order valence-electron chi connectivity index (χ4n) is 3.61. The van der Waals surface area contributed by atoms with E-state index in [4.69, 9.17) is 4.98 Å².